The molecule has 0 fully saturated rings. The van der Waals surface area contributed by atoms with Crippen LogP contribution in [0.3, 0.4) is 0 Å². The Balaban J connectivity index is 2.55. The maximum absolute atomic E-state index is 13.3. The minimum absolute atomic E-state index is 0.146. The first-order chi connectivity index (χ1) is 11.0. The van der Waals surface area contributed by atoms with Crippen molar-refractivity contribution < 1.29 is 32.9 Å². The quantitative estimate of drug-likeness (QED) is 0.542. The van der Waals surface area contributed by atoms with Crippen LogP contribution in [-0.2, 0) is 10.0 Å². The molecule has 2 aromatic carbocycles. The van der Waals surface area contributed by atoms with Gasteiger partial charge in [-0.2, -0.15) is 0 Å². The highest BCUT2D eigenvalue weighted by molar-refractivity contribution is 9.10. The van der Waals surface area contributed by atoms with Gasteiger partial charge in [0.25, 0.3) is 10.0 Å². The predicted molar refractivity (Wildman–Crippen MR) is 86.6 cm³/mol. The van der Waals surface area contributed by atoms with Gasteiger partial charge in [-0.1, -0.05) is 11.6 Å². The summed E-state index contributed by atoms with van der Waals surface area (Å²) in [5.74, 6) is -4.15. The number of anilines is 1. The van der Waals surface area contributed by atoms with E-state index in [1.165, 1.54) is 0 Å². The number of phenolic OH excluding ortho intramolecular Hbond substituents is 1. The second-order valence-electron chi connectivity index (χ2n) is 4.49. The largest absolute Gasteiger partial charge is 0.506 e. The molecule has 0 bridgehead atoms. The Kier molecular flexibility index (Phi) is 4.92. The van der Waals surface area contributed by atoms with Crippen LogP contribution in [0.2, 0.25) is 5.02 Å². The molecule has 0 aromatic heterocycles. The fourth-order valence-corrected chi connectivity index (χ4v) is 3.65. The standard InChI is InChI=1S/C13H8BrClFNO6S/c14-7-3-11(10(18)4-8(7)16)24(22,23)17-9-2-5(15)1-6(12(9)19)13(20)21/h1-4,17-19H,(H,20,21). The summed E-state index contributed by atoms with van der Waals surface area (Å²) in [5.41, 5.74) is -1.13. The smallest absolute Gasteiger partial charge is 0.339 e. The lowest BCUT2D eigenvalue weighted by Crippen LogP contribution is -2.14. The fourth-order valence-electron chi connectivity index (χ4n) is 1.77. The first-order valence-corrected chi connectivity index (χ1v) is 8.65. The van der Waals surface area contributed by atoms with Crippen LogP contribution in [0.25, 0.3) is 0 Å². The molecule has 24 heavy (non-hydrogen) atoms. The van der Waals surface area contributed by atoms with Crippen LogP contribution in [0.4, 0.5) is 10.1 Å². The fraction of sp³-hybridized carbons (Fsp3) is 0. The van der Waals surface area contributed by atoms with Gasteiger partial charge in [-0.15, -0.1) is 0 Å². The Bertz CT molecular complexity index is 950. The van der Waals surface area contributed by atoms with Crippen LogP contribution < -0.4 is 4.72 Å². The van der Waals surface area contributed by atoms with Crippen molar-refractivity contribution in [3.63, 3.8) is 0 Å². The number of halogens is 3. The summed E-state index contributed by atoms with van der Waals surface area (Å²) < 4.78 is 39.6. The van der Waals surface area contributed by atoms with Crippen LogP contribution in [0.5, 0.6) is 11.5 Å². The molecule has 0 atom stereocenters. The molecule has 11 heteroatoms. The molecule has 0 aliphatic heterocycles. The Labute approximate surface area is 148 Å². The first-order valence-electron chi connectivity index (χ1n) is 5.99. The lowest BCUT2D eigenvalue weighted by Gasteiger charge is -2.13. The number of phenols is 2. The molecule has 7 nitrogen and oxygen atoms in total. The van der Waals surface area contributed by atoms with Gasteiger partial charge in [0, 0.05) is 11.1 Å². The van der Waals surface area contributed by atoms with E-state index >= 15 is 0 Å². The van der Waals surface area contributed by atoms with Gasteiger partial charge in [0.15, 0.2) is 5.75 Å². The maximum atomic E-state index is 13.3. The van der Waals surface area contributed by atoms with Gasteiger partial charge in [-0.05, 0) is 34.1 Å². The van der Waals surface area contributed by atoms with E-state index in [1.807, 2.05) is 4.72 Å². The number of hydrogen-bond acceptors (Lipinski definition) is 5. The second-order valence-corrected chi connectivity index (χ2v) is 7.44. The summed E-state index contributed by atoms with van der Waals surface area (Å²) in [7, 11) is -4.47. The lowest BCUT2D eigenvalue weighted by molar-refractivity contribution is 0.0694. The molecule has 4 N–H and O–H groups in total. The molecule has 2 rings (SSSR count). The van der Waals surface area contributed by atoms with Crippen LogP contribution in [0, 0.1) is 5.82 Å². The molecule has 0 amide bonds. The number of benzene rings is 2. The van der Waals surface area contributed by atoms with Crippen molar-refractivity contribution in [1.82, 2.24) is 0 Å². The van der Waals surface area contributed by atoms with E-state index in [1.54, 1.807) is 0 Å². The number of rotatable bonds is 4. The van der Waals surface area contributed by atoms with Crippen LogP contribution >= 0.6 is 27.5 Å². The number of hydrogen-bond donors (Lipinski definition) is 4. The SMILES string of the molecule is O=C(O)c1cc(Cl)cc(NS(=O)(=O)c2cc(Br)c(F)cc2O)c1O. The van der Waals surface area contributed by atoms with E-state index < -0.39 is 49.5 Å². The Morgan fingerprint density at radius 1 is 1.21 bits per heavy atom. The number of aromatic carboxylic acids is 1. The molecule has 0 heterocycles. The predicted octanol–water partition coefficient (Wildman–Crippen LogP) is 3.15. The Morgan fingerprint density at radius 2 is 1.83 bits per heavy atom. The average molecular weight is 441 g/mol. The van der Waals surface area contributed by atoms with Crippen molar-refractivity contribution >= 4 is 49.2 Å². The highest BCUT2D eigenvalue weighted by Gasteiger charge is 2.24. The highest BCUT2D eigenvalue weighted by Crippen LogP contribution is 2.35. The van der Waals surface area contributed by atoms with E-state index in [4.69, 9.17) is 16.7 Å². The molecule has 128 valence electrons. The minimum atomic E-state index is -4.47. The molecular formula is C13H8BrClFNO6S. The summed E-state index contributed by atoms with van der Waals surface area (Å²) >= 11 is 8.49. The normalized spacial score (nSPS) is 11.3. The third kappa shape index (κ3) is 3.55. The van der Waals surface area contributed by atoms with Crippen molar-refractivity contribution in [2.75, 3.05) is 4.72 Å². The molecule has 2 aromatic rings. The van der Waals surface area contributed by atoms with Gasteiger partial charge in [0.05, 0.1) is 10.2 Å². The summed E-state index contributed by atoms with van der Waals surface area (Å²) in [5, 5.41) is 28.3. The second kappa shape index (κ2) is 6.46. The van der Waals surface area contributed by atoms with Crippen LogP contribution in [0.1, 0.15) is 10.4 Å². The molecule has 0 radical (unpaired) electrons. The van der Waals surface area contributed by atoms with E-state index in [0.717, 1.165) is 18.2 Å². The molecule has 0 saturated heterocycles. The van der Waals surface area contributed by atoms with Gasteiger partial charge >= 0.3 is 5.97 Å². The van der Waals surface area contributed by atoms with Crippen molar-refractivity contribution in [1.29, 1.82) is 0 Å². The van der Waals surface area contributed by atoms with Crippen LogP contribution in [0.15, 0.2) is 33.6 Å². The summed E-state index contributed by atoms with van der Waals surface area (Å²) in [6.07, 6.45) is 0. The summed E-state index contributed by atoms with van der Waals surface area (Å²) in [6.45, 7) is 0. The minimum Gasteiger partial charge on any atom is -0.506 e. The molecular weight excluding hydrogens is 433 g/mol. The zero-order valence-corrected chi connectivity index (χ0v) is 14.6. The van der Waals surface area contributed by atoms with Crippen molar-refractivity contribution in [3.8, 4) is 11.5 Å². The zero-order chi connectivity index (χ0) is 18.2. The molecule has 0 aliphatic rings. The highest BCUT2D eigenvalue weighted by atomic mass is 79.9. The molecule has 0 aliphatic carbocycles. The number of carbonyl (C=O) groups is 1. The summed E-state index contributed by atoms with van der Waals surface area (Å²) in [4.78, 5) is 10.3. The number of sulfonamides is 1. The Hall–Kier alpha value is -2.04. The van der Waals surface area contributed by atoms with Crippen molar-refractivity contribution in [3.05, 3.63) is 45.1 Å². The third-order valence-electron chi connectivity index (χ3n) is 2.84. The number of aromatic hydroxyl groups is 2. The van der Waals surface area contributed by atoms with Gasteiger partial charge in [0.2, 0.25) is 0 Å². The van der Waals surface area contributed by atoms with Crippen LogP contribution in [-0.4, -0.2) is 29.7 Å². The monoisotopic (exact) mass is 439 g/mol. The van der Waals surface area contributed by atoms with E-state index in [-0.39, 0.29) is 9.50 Å². The number of nitrogens with one attached hydrogen (secondary N) is 1. The van der Waals surface area contributed by atoms with Gasteiger partial charge in [-0.25, -0.2) is 17.6 Å². The number of carboxylic acids is 1. The molecule has 0 unspecified atom stereocenters. The molecule has 0 spiro atoms. The molecule has 0 saturated carbocycles. The van der Waals surface area contributed by atoms with Crippen molar-refractivity contribution in [2.45, 2.75) is 4.90 Å². The van der Waals surface area contributed by atoms with Gasteiger partial charge in [0.1, 0.15) is 22.0 Å². The maximum Gasteiger partial charge on any atom is 0.339 e. The zero-order valence-electron chi connectivity index (χ0n) is 11.4. The Morgan fingerprint density at radius 3 is 2.42 bits per heavy atom. The van der Waals surface area contributed by atoms with E-state index in [0.29, 0.717) is 6.07 Å². The van der Waals surface area contributed by atoms with E-state index in [9.17, 15) is 27.8 Å². The lowest BCUT2D eigenvalue weighted by atomic mass is 10.2. The average Bonchev–Trinajstić information content (AvgIpc) is 2.45. The first kappa shape index (κ1) is 18.3. The third-order valence-corrected chi connectivity index (χ3v) is 5.06. The van der Waals surface area contributed by atoms with Gasteiger partial charge < -0.3 is 15.3 Å². The number of carboxylic acid groups (broad SMARTS) is 1. The van der Waals surface area contributed by atoms with Gasteiger partial charge in [-0.3, -0.25) is 4.72 Å². The van der Waals surface area contributed by atoms with Crippen molar-refractivity contribution in [2.24, 2.45) is 0 Å². The summed E-state index contributed by atoms with van der Waals surface area (Å²) in [6, 6.07) is 3.31. The van der Waals surface area contributed by atoms with E-state index in [2.05, 4.69) is 15.9 Å². The topological polar surface area (TPSA) is 124 Å².